The zero-order valence-corrected chi connectivity index (χ0v) is 21.1. The summed E-state index contributed by atoms with van der Waals surface area (Å²) in [6.07, 6.45) is 8.14. The molecule has 0 amide bonds. The highest BCUT2D eigenvalue weighted by atomic mass is 16.4. The molecule has 0 aliphatic carbocycles. The van der Waals surface area contributed by atoms with Gasteiger partial charge in [0.1, 0.15) is 11.5 Å². The molecule has 0 saturated carbocycles. The fraction of sp³-hybridized carbons (Fsp3) is 0.417. The van der Waals surface area contributed by atoms with Crippen LogP contribution in [0.25, 0.3) is 0 Å². The van der Waals surface area contributed by atoms with Crippen molar-refractivity contribution in [3.8, 4) is 0 Å². The number of carboxylic acids is 3. The van der Waals surface area contributed by atoms with E-state index in [1.54, 1.807) is 0 Å². The standard InChI is InChI=1S/C18H24N6O.C6H8O7/c1-15-4-5-17(25-15)13-24(8-3-7-23-9-6-20-14-23)12-16-10-21-18(19-2)22-11-16;7-3(8)1-6(13,5(11)12)2-4(9)10/h4-6,9-11,14H,3,7-8,12-13H2,1-2H3,(H,19,21,22);13H,1-2H2,(H,7,8)(H,9,10)(H,11,12). The molecule has 0 atom stereocenters. The third kappa shape index (κ3) is 10.4. The number of carboxylic acid groups (broad SMARTS) is 3. The first-order chi connectivity index (χ1) is 18.0. The van der Waals surface area contributed by atoms with Crippen molar-refractivity contribution in [3.63, 3.8) is 0 Å². The first-order valence-corrected chi connectivity index (χ1v) is 11.6. The van der Waals surface area contributed by atoms with Crippen LogP contribution in [-0.2, 0) is 34.0 Å². The molecule has 5 N–H and O–H groups in total. The number of nitrogens with zero attached hydrogens (tertiary/aromatic N) is 5. The van der Waals surface area contributed by atoms with E-state index in [4.69, 9.17) is 24.8 Å². The molecule has 0 spiro atoms. The summed E-state index contributed by atoms with van der Waals surface area (Å²) in [5.41, 5.74) is -1.65. The third-order valence-electron chi connectivity index (χ3n) is 5.25. The van der Waals surface area contributed by atoms with Crippen molar-refractivity contribution in [1.29, 1.82) is 0 Å². The van der Waals surface area contributed by atoms with Gasteiger partial charge in [-0.3, -0.25) is 14.5 Å². The summed E-state index contributed by atoms with van der Waals surface area (Å²) in [7, 11) is 1.82. The van der Waals surface area contributed by atoms with Crippen molar-refractivity contribution in [3.05, 3.63) is 60.3 Å². The Bertz CT molecular complexity index is 1150. The number of aromatic nitrogens is 4. The lowest BCUT2D eigenvalue weighted by Crippen LogP contribution is -2.42. The predicted molar refractivity (Wildman–Crippen MR) is 133 cm³/mol. The molecule has 0 unspecified atom stereocenters. The number of rotatable bonds is 14. The molecule has 0 fully saturated rings. The molecule has 38 heavy (non-hydrogen) atoms. The Morgan fingerprint density at radius 3 is 2.21 bits per heavy atom. The maximum Gasteiger partial charge on any atom is 0.336 e. The number of nitrogens with one attached hydrogen (secondary N) is 1. The van der Waals surface area contributed by atoms with E-state index in [2.05, 4.69) is 29.7 Å². The number of furan rings is 1. The van der Waals surface area contributed by atoms with Crippen molar-refractivity contribution in [2.75, 3.05) is 18.9 Å². The van der Waals surface area contributed by atoms with E-state index in [1.165, 1.54) is 0 Å². The van der Waals surface area contributed by atoms with Gasteiger partial charge in [-0.15, -0.1) is 0 Å². The van der Waals surface area contributed by atoms with Crippen LogP contribution in [0.15, 0.2) is 47.7 Å². The number of hydrogen-bond acceptors (Lipinski definition) is 10. The van der Waals surface area contributed by atoms with Crippen LogP contribution in [-0.4, -0.2) is 81.9 Å². The van der Waals surface area contributed by atoms with Crippen LogP contribution in [0.4, 0.5) is 5.95 Å². The van der Waals surface area contributed by atoms with Crippen molar-refractivity contribution in [2.24, 2.45) is 0 Å². The molecule has 14 nitrogen and oxygen atoms in total. The molecule has 0 aliphatic rings. The van der Waals surface area contributed by atoms with Gasteiger partial charge in [0.15, 0.2) is 5.60 Å². The lowest BCUT2D eigenvalue weighted by molar-refractivity contribution is -0.170. The first-order valence-electron chi connectivity index (χ1n) is 11.6. The van der Waals surface area contributed by atoms with E-state index >= 15 is 0 Å². The van der Waals surface area contributed by atoms with Crippen LogP contribution in [0.2, 0.25) is 0 Å². The fourth-order valence-corrected chi connectivity index (χ4v) is 3.44. The largest absolute Gasteiger partial charge is 0.481 e. The van der Waals surface area contributed by atoms with Crippen LogP contribution in [0.1, 0.15) is 36.3 Å². The quantitative estimate of drug-likeness (QED) is 0.200. The van der Waals surface area contributed by atoms with Crippen LogP contribution < -0.4 is 5.32 Å². The van der Waals surface area contributed by atoms with Gasteiger partial charge in [-0.1, -0.05) is 0 Å². The Hall–Kier alpha value is -4.30. The van der Waals surface area contributed by atoms with E-state index in [0.29, 0.717) is 5.95 Å². The Labute approximate surface area is 218 Å². The Morgan fingerprint density at radius 1 is 1.08 bits per heavy atom. The van der Waals surface area contributed by atoms with Crippen LogP contribution in [0.5, 0.6) is 0 Å². The van der Waals surface area contributed by atoms with E-state index in [-0.39, 0.29) is 0 Å². The molecule has 0 bridgehead atoms. The summed E-state index contributed by atoms with van der Waals surface area (Å²) in [6.45, 7) is 5.42. The maximum atomic E-state index is 10.3. The smallest absolute Gasteiger partial charge is 0.336 e. The normalized spacial score (nSPS) is 11.1. The Morgan fingerprint density at radius 2 is 1.74 bits per heavy atom. The second-order valence-electron chi connectivity index (χ2n) is 8.52. The lowest BCUT2D eigenvalue weighted by atomic mass is 9.96. The van der Waals surface area contributed by atoms with Gasteiger partial charge >= 0.3 is 17.9 Å². The van der Waals surface area contributed by atoms with E-state index in [1.807, 2.05) is 57.2 Å². The molecule has 3 heterocycles. The Balaban J connectivity index is 0.000000332. The number of anilines is 1. The monoisotopic (exact) mass is 532 g/mol. The average molecular weight is 533 g/mol. The molecule has 0 radical (unpaired) electrons. The SMILES string of the molecule is CNc1ncc(CN(CCCn2ccnc2)Cc2ccc(C)o2)cn1.O=C(O)CC(O)(CC(=O)O)C(=O)O. The van der Waals surface area contributed by atoms with Gasteiger partial charge in [-0.05, 0) is 25.5 Å². The number of aliphatic carboxylic acids is 3. The highest BCUT2D eigenvalue weighted by molar-refractivity contribution is 5.88. The topological polar surface area (TPSA) is 204 Å². The maximum absolute atomic E-state index is 10.3. The van der Waals surface area contributed by atoms with Crippen molar-refractivity contribution >= 4 is 23.9 Å². The molecular formula is C24H32N6O8. The minimum absolute atomic E-state index is 0.636. The van der Waals surface area contributed by atoms with E-state index in [9.17, 15) is 14.4 Å². The van der Waals surface area contributed by atoms with Crippen LogP contribution in [0, 0.1) is 6.92 Å². The van der Waals surface area contributed by atoms with Gasteiger partial charge in [0.05, 0.1) is 25.7 Å². The van der Waals surface area contributed by atoms with Gasteiger partial charge in [-0.2, -0.15) is 0 Å². The molecule has 0 saturated heterocycles. The molecule has 0 aliphatic heterocycles. The minimum Gasteiger partial charge on any atom is -0.481 e. The lowest BCUT2D eigenvalue weighted by Gasteiger charge is -2.21. The van der Waals surface area contributed by atoms with Gasteiger partial charge in [-0.25, -0.2) is 19.7 Å². The summed E-state index contributed by atoms with van der Waals surface area (Å²) in [6, 6.07) is 4.04. The molecule has 206 valence electrons. The molecule has 0 aromatic carbocycles. The summed E-state index contributed by atoms with van der Waals surface area (Å²) in [5, 5.41) is 36.8. The fourth-order valence-electron chi connectivity index (χ4n) is 3.44. The molecular weight excluding hydrogens is 500 g/mol. The van der Waals surface area contributed by atoms with Crippen molar-refractivity contribution in [1.82, 2.24) is 24.4 Å². The van der Waals surface area contributed by atoms with Gasteiger partial charge in [0, 0.05) is 57.0 Å². The summed E-state index contributed by atoms with van der Waals surface area (Å²) < 4.78 is 7.84. The van der Waals surface area contributed by atoms with E-state index < -0.39 is 36.4 Å². The summed E-state index contributed by atoms with van der Waals surface area (Å²) in [5.74, 6) is -2.46. The Kier molecular flexibility index (Phi) is 11.4. The van der Waals surface area contributed by atoms with Gasteiger partial charge in [0.2, 0.25) is 5.95 Å². The number of carbonyl (C=O) groups is 3. The number of aryl methyl sites for hydroxylation is 2. The van der Waals surface area contributed by atoms with Crippen LogP contribution >= 0.6 is 0 Å². The molecule has 3 rings (SSSR count). The van der Waals surface area contributed by atoms with Crippen molar-refractivity contribution in [2.45, 2.75) is 51.4 Å². The zero-order valence-electron chi connectivity index (χ0n) is 21.1. The average Bonchev–Trinajstić information content (AvgIpc) is 3.50. The van der Waals surface area contributed by atoms with Crippen LogP contribution in [0.3, 0.4) is 0 Å². The highest BCUT2D eigenvalue weighted by Gasteiger charge is 2.40. The minimum atomic E-state index is -2.74. The summed E-state index contributed by atoms with van der Waals surface area (Å²) >= 11 is 0. The second-order valence-corrected chi connectivity index (χ2v) is 8.52. The van der Waals surface area contributed by atoms with E-state index in [0.717, 1.165) is 49.7 Å². The van der Waals surface area contributed by atoms with Gasteiger partial charge < -0.3 is 34.7 Å². The molecule has 3 aromatic heterocycles. The number of aliphatic hydroxyl groups is 1. The molecule has 3 aromatic rings. The van der Waals surface area contributed by atoms with Gasteiger partial charge in [0.25, 0.3) is 0 Å². The highest BCUT2D eigenvalue weighted by Crippen LogP contribution is 2.16. The third-order valence-corrected chi connectivity index (χ3v) is 5.25. The first kappa shape index (κ1) is 29.9. The predicted octanol–water partition coefficient (Wildman–Crippen LogP) is 1.46. The molecule has 14 heteroatoms. The van der Waals surface area contributed by atoms with Crippen molar-refractivity contribution < 1.29 is 39.2 Å². The number of imidazole rings is 1. The summed E-state index contributed by atoms with van der Waals surface area (Å²) in [4.78, 5) is 45.5. The number of hydrogen-bond donors (Lipinski definition) is 5. The second kappa shape index (κ2) is 14.4. The zero-order chi connectivity index (χ0) is 28.1.